The first kappa shape index (κ1) is 24.6. The number of rotatable bonds is 7. The molecule has 0 radical (unpaired) electrons. The van der Waals surface area contributed by atoms with Crippen LogP contribution in [0, 0.1) is 19.8 Å². The van der Waals surface area contributed by atoms with Gasteiger partial charge in [0.1, 0.15) is 0 Å². The van der Waals surface area contributed by atoms with Crippen LogP contribution in [0.4, 0.5) is 0 Å². The minimum Gasteiger partial charge on any atom is -0.466 e. The quantitative estimate of drug-likeness (QED) is 0.484. The Bertz CT molecular complexity index is 1270. The number of likely N-dealkylation sites (tertiary alicyclic amines) is 1. The third kappa shape index (κ3) is 5.13. The van der Waals surface area contributed by atoms with Crippen molar-refractivity contribution in [3.05, 3.63) is 41.2 Å². The van der Waals surface area contributed by atoms with Gasteiger partial charge in [0.15, 0.2) is 5.65 Å². The van der Waals surface area contributed by atoms with Crippen molar-refractivity contribution < 1.29 is 19.1 Å². The number of carbonyl (C=O) groups excluding carboxylic acids is 3. The van der Waals surface area contributed by atoms with Crippen LogP contribution in [0.3, 0.4) is 0 Å². The fourth-order valence-electron chi connectivity index (χ4n) is 4.81. The van der Waals surface area contributed by atoms with Gasteiger partial charge in [-0.05, 0) is 57.7 Å². The third-order valence-electron chi connectivity index (χ3n) is 6.80. The Morgan fingerprint density at radius 2 is 1.97 bits per heavy atom. The van der Waals surface area contributed by atoms with Crippen LogP contribution < -0.4 is 0 Å². The van der Waals surface area contributed by atoms with E-state index in [0.29, 0.717) is 26.1 Å². The lowest BCUT2D eigenvalue weighted by Gasteiger charge is -2.32. The van der Waals surface area contributed by atoms with E-state index in [1.807, 2.05) is 42.6 Å². The maximum atomic E-state index is 12.9. The number of hydrogen-bond donors (Lipinski definition) is 0. The number of benzene rings is 1. The molecule has 0 N–H and O–H groups in total. The molecule has 2 amide bonds. The second-order valence-corrected chi connectivity index (χ2v) is 9.19. The smallest absolute Gasteiger partial charge is 0.310 e. The molecule has 0 saturated carbocycles. The van der Waals surface area contributed by atoms with Crippen LogP contribution in [0.2, 0.25) is 0 Å². The summed E-state index contributed by atoms with van der Waals surface area (Å²) in [4.78, 5) is 45.6. The maximum absolute atomic E-state index is 12.9. The zero-order chi connectivity index (χ0) is 25.1. The second kappa shape index (κ2) is 10.4. The molecule has 3 aromatic rings. The van der Waals surface area contributed by atoms with E-state index < -0.39 is 0 Å². The summed E-state index contributed by atoms with van der Waals surface area (Å²) < 4.78 is 6.96. The highest BCUT2D eigenvalue weighted by Gasteiger charge is 2.30. The van der Waals surface area contributed by atoms with Crippen molar-refractivity contribution >= 4 is 34.3 Å². The van der Waals surface area contributed by atoms with E-state index >= 15 is 0 Å². The van der Waals surface area contributed by atoms with Crippen molar-refractivity contribution in [3.8, 4) is 0 Å². The van der Waals surface area contributed by atoms with E-state index in [4.69, 9.17) is 9.72 Å². The second-order valence-electron chi connectivity index (χ2n) is 9.19. The van der Waals surface area contributed by atoms with Crippen LogP contribution in [0.25, 0.3) is 16.6 Å². The molecular weight excluding hydrogens is 446 g/mol. The van der Waals surface area contributed by atoms with E-state index in [0.717, 1.165) is 46.3 Å². The van der Waals surface area contributed by atoms with E-state index in [1.165, 1.54) is 4.90 Å². The number of ether oxygens (including phenoxy) is 1. The van der Waals surface area contributed by atoms with Crippen molar-refractivity contribution in [3.63, 3.8) is 0 Å². The van der Waals surface area contributed by atoms with Gasteiger partial charge >= 0.3 is 5.97 Å². The highest BCUT2D eigenvalue weighted by Crippen LogP contribution is 2.23. The number of hydrogen-bond acceptors (Lipinski definition) is 6. The third-order valence-corrected chi connectivity index (χ3v) is 6.80. The first-order valence-corrected chi connectivity index (χ1v) is 12.2. The van der Waals surface area contributed by atoms with Crippen LogP contribution in [0.1, 0.15) is 43.1 Å². The molecule has 0 aliphatic carbocycles. The van der Waals surface area contributed by atoms with Crippen molar-refractivity contribution in [2.45, 2.75) is 46.5 Å². The predicted molar refractivity (Wildman–Crippen MR) is 132 cm³/mol. The maximum Gasteiger partial charge on any atom is 0.310 e. The molecule has 1 saturated heterocycles. The molecule has 1 atom stereocenters. The lowest BCUT2D eigenvalue weighted by molar-refractivity contribution is -0.152. The zero-order valence-electron chi connectivity index (χ0n) is 20.9. The highest BCUT2D eigenvalue weighted by atomic mass is 16.5. The summed E-state index contributed by atoms with van der Waals surface area (Å²) in [6, 6.07) is 7.90. The number of aryl methyl sites for hydroxylation is 2. The number of carbonyl (C=O) groups is 3. The van der Waals surface area contributed by atoms with Crippen LogP contribution >= 0.6 is 0 Å². The SMILES string of the molecule is CCOC(=O)C1CCCN(C(=O)CN(C)C(=O)CCc2c(C)nc3c4ccccc4nn3c2C)C1. The molecule has 0 bridgehead atoms. The van der Waals surface area contributed by atoms with Gasteiger partial charge in [-0.2, -0.15) is 5.10 Å². The van der Waals surface area contributed by atoms with Gasteiger partial charge in [-0.25, -0.2) is 9.50 Å². The van der Waals surface area contributed by atoms with Gasteiger partial charge in [-0.3, -0.25) is 14.4 Å². The fraction of sp³-hybridized carbons (Fsp3) is 0.500. The minimum atomic E-state index is -0.291. The Morgan fingerprint density at radius 1 is 1.20 bits per heavy atom. The summed E-state index contributed by atoms with van der Waals surface area (Å²) in [5, 5.41) is 5.68. The van der Waals surface area contributed by atoms with Crippen molar-refractivity contribution in [2.75, 3.05) is 33.3 Å². The fourth-order valence-corrected chi connectivity index (χ4v) is 4.81. The summed E-state index contributed by atoms with van der Waals surface area (Å²) in [6.45, 7) is 7.00. The molecule has 186 valence electrons. The Balaban J connectivity index is 1.38. The molecule has 1 unspecified atom stereocenters. The number of likely N-dealkylation sites (N-methyl/N-ethyl adjacent to an activating group) is 1. The molecule has 0 spiro atoms. The van der Waals surface area contributed by atoms with Gasteiger partial charge in [-0.1, -0.05) is 12.1 Å². The summed E-state index contributed by atoms with van der Waals surface area (Å²) in [6.07, 6.45) is 2.26. The molecular formula is C26H33N5O4. The Labute approximate surface area is 205 Å². The first-order valence-electron chi connectivity index (χ1n) is 12.2. The van der Waals surface area contributed by atoms with Crippen LogP contribution in [-0.2, 0) is 25.5 Å². The van der Waals surface area contributed by atoms with Gasteiger partial charge in [0.25, 0.3) is 0 Å². The Kier molecular flexibility index (Phi) is 7.33. The average molecular weight is 480 g/mol. The van der Waals surface area contributed by atoms with E-state index in [-0.39, 0.29) is 36.7 Å². The number of amides is 2. The van der Waals surface area contributed by atoms with Crippen LogP contribution in [-0.4, -0.2) is 75.5 Å². The van der Waals surface area contributed by atoms with Crippen LogP contribution in [0.15, 0.2) is 24.3 Å². The number of piperidine rings is 1. The number of nitrogens with zero attached hydrogens (tertiary/aromatic N) is 5. The number of aromatic nitrogens is 3. The van der Waals surface area contributed by atoms with E-state index in [9.17, 15) is 14.4 Å². The highest BCUT2D eigenvalue weighted by molar-refractivity contribution is 5.92. The van der Waals surface area contributed by atoms with Crippen molar-refractivity contribution in [1.82, 2.24) is 24.4 Å². The molecule has 35 heavy (non-hydrogen) atoms. The zero-order valence-corrected chi connectivity index (χ0v) is 20.9. The Hall–Kier alpha value is -3.49. The molecule has 1 aliphatic heterocycles. The van der Waals surface area contributed by atoms with Gasteiger partial charge in [0, 0.05) is 43.3 Å². The largest absolute Gasteiger partial charge is 0.466 e. The number of esters is 1. The molecule has 4 rings (SSSR count). The molecule has 3 heterocycles. The monoisotopic (exact) mass is 479 g/mol. The topological polar surface area (TPSA) is 97.1 Å². The molecule has 1 fully saturated rings. The predicted octanol–water partition coefficient (Wildman–Crippen LogP) is 2.69. The lowest BCUT2D eigenvalue weighted by atomic mass is 9.98. The van der Waals surface area contributed by atoms with Gasteiger partial charge in [0.2, 0.25) is 11.8 Å². The van der Waals surface area contributed by atoms with Crippen LogP contribution in [0.5, 0.6) is 0 Å². The standard InChI is InChI=1S/C26H33N5O4/c1-5-35-26(34)19-9-8-14-30(15-19)24(33)16-29(4)23(32)13-12-20-17(2)27-25-21-10-6-7-11-22(21)28-31(25)18(20)3/h6-7,10-11,19H,5,8-9,12-16H2,1-4H3. The minimum absolute atomic E-state index is 0.00578. The summed E-state index contributed by atoms with van der Waals surface area (Å²) in [5.74, 6) is -0.799. The van der Waals surface area contributed by atoms with Gasteiger partial charge < -0.3 is 14.5 Å². The summed E-state index contributed by atoms with van der Waals surface area (Å²) in [7, 11) is 1.65. The van der Waals surface area contributed by atoms with Crippen molar-refractivity contribution in [2.24, 2.45) is 5.92 Å². The number of fused-ring (bicyclic) bond motifs is 3. The Morgan fingerprint density at radius 3 is 2.74 bits per heavy atom. The molecule has 9 nitrogen and oxygen atoms in total. The first-order chi connectivity index (χ1) is 16.8. The molecule has 9 heteroatoms. The normalized spacial score (nSPS) is 16.0. The summed E-state index contributed by atoms with van der Waals surface area (Å²) in [5.41, 5.74) is 4.54. The average Bonchev–Trinajstić information content (AvgIpc) is 3.22. The summed E-state index contributed by atoms with van der Waals surface area (Å²) >= 11 is 0. The molecule has 1 aromatic carbocycles. The van der Waals surface area contributed by atoms with Gasteiger partial charge in [-0.15, -0.1) is 0 Å². The van der Waals surface area contributed by atoms with Gasteiger partial charge in [0.05, 0.1) is 24.6 Å². The van der Waals surface area contributed by atoms with E-state index in [2.05, 4.69) is 5.10 Å². The van der Waals surface area contributed by atoms with E-state index in [1.54, 1.807) is 18.9 Å². The van der Waals surface area contributed by atoms with Crippen molar-refractivity contribution in [1.29, 1.82) is 0 Å². The molecule has 2 aromatic heterocycles. The lowest BCUT2D eigenvalue weighted by Crippen LogP contribution is -2.47. The molecule has 1 aliphatic rings.